The Balaban J connectivity index is 1.53. The van der Waals surface area contributed by atoms with Crippen molar-refractivity contribution in [3.05, 3.63) is 66.3 Å². The Kier molecular flexibility index (Phi) is 3.46. The zero-order valence-corrected chi connectivity index (χ0v) is 14.9. The van der Waals surface area contributed by atoms with Crippen molar-refractivity contribution in [1.82, 2.24) is 19.3 Å². The molecule has 7 heteroatoms. The standard InChI is InChI=1S/C19H16N6S/c1-24-12-14(10-22-24)16-11-21-19-18(20-6-2-7-25(16)19)23-15-3-4-17-13(9-15)5-8-26-17/h2-6,8-12H,7H2,1H3,(H,20,23). The van der Waals surface area contributed by atoms with E-state index in [9.17, 15) is 0 Å². The number of hydrogen-bond acceptors (Lipinski definition) is 5. The Bertz CT molecular complexity index is 1160. The Morgan fingerprint density at radius 2 is 2.15 bits per heavy atom. The summed E-state index contributed by atoms with van der Waals surface area (Å²) in [6.45, 7) is 0.720. The number of fused-ring (bicyclic) bond motifs is 2. The lowest BCUT2D eigenvalue weighted by molar-refractivity contribution is 0.767. The Morgan fingerprint density at radius 1 is 1.19 bits per heavy atom. The van der Waals surface area contributed by atoms with Gasteiger partial charge in [0, 0.05) is 41.9 Å². The van der Waals surface area contributed by atoms with Crippen molar-refractivity contribution in [1.29, 1.82) is 0 Å². The second-order valence-corrected chi connectivity index (χ2v) is 7.09. The fourth-order valence-electron chi connectivity index (χ4n) is 3.14. The lowest BCUT2D eigenvalue weighted by Crippen LogP contribution is -2.18. The summed E-state index contributed by atoms with van der Waals surface area (Å²) in [5.41, 5.74) is 3.07. The minimum atomic E-state index is 0.720. The molecule has 0 spiro atoms. The third-order valence-corrected chi connectivity index (χ3v) is 5.28. The summed E-state index contributed by atoms with van der Waals surface area (Å²) in [5.74, 6) is 1.56. The van der Waals surface area contributed by atoms with E-state index < -0.39 is 0 Å². The second kappa shape index (κ2) is 5.96. The molecule has 4 heterocycles. The van der Waals surface area contributed by atoms with Crippen LogP contribution in [0, 0.1) is 0 Å². The molecule has 26 heavy (non-hydrogen) atoms. The van der Waals surface area contributed by atoms with E-state index in [1.54, 1.807) is 16.0 Å². The van der Waals surface area contributed by atoms with Crippen LogP contribution in [0.2, 0.25) is 0 Å². The Labute approximate surface area is 154 Å². The van der Waals surface area contributed by atoms with Gasteiger partial charge < -0.3 is 9.88 Å². The van der Waals surface area contributed by atoms with Crippen LogP contribution < -0.4 is 5.32 Å². The van der Waals surface area contributed by atoms with Gasteiger partial charge in [-0.25, -0.2) is 9.98 Å². The van der Waals surface area contributed by atoms with Gasteiger partial charge in [-0.1, -0.05) is 0 Å². The van der Waals surface area contributed by atoms with E-state index in [0.717, 1.165) is 35.1 Å². The van der Waals surface area contributed by atoms with Gasteiger partial charge in [0.25, 0.3) is 0 Å². The summed E-state index contributed by atoms with van der Waals surface area (Å²) in [5, 5.41) is 11.0. The smallest absolute Gasteiger partial charge is 0.177 e. The third kappa shape index (κ3) is 2.53. The first-order valence-corrected chi connectivity index (χ1v) is 9.18. The number of thiophene rings is 1. The highest BCUT2D eigenvalue weighted by atomic mass is 32.1. The van der Waals surface area contributed by atoms with Crippen LogP contribution in [0.3, 0.4) is 0 Å². The number of hydrogen-bond donors (Lipinski definition) is 1. The number of anilines is 1. The van der Waals surface area contributed by atoms with Gasteiger partial charge in [-0.05, 0) is 41.1 Å². The van der Waals surface area contributed by atoms with E-state index in [0.29, 0.717) is 0 Å². The number of benzene rings is 1. The number of aliphatic imine (C=N–C) groups is 1. The first kappa shape index (κ1) is 15.1. The maximum absolute atomic E-state index is 4.63. The van der Waals surface area contributed by atoms with Crippen LogP contribution >= 0.6 is 11.3 Å². The van der Waals surface area contributed by atoms with E-state index >= 15 is 0 Å². The van der Waals surface area contributed by atoms with Crippen molar-refractivity contribution in [2.45, 2.75) is 6.54 Å². The second-order valence-electron chi connectivity index (χ2n) is 6.14. The summed E-state index contributed by atoms with van der Waals surface area (Å²) in [6, 6.07) is 8.47. The van der Waals surface area contributed by atoms with Crippen LogP contribution in [0.4, 0.5) is 5.69 Å². The van der Waals surface area contributed by atoms with E-state index in [-0.39, 0.29) is 0 Å². The minimum absolute atomic E-state index is 0.720. The zero-order chi connectivity index (χ0) is 17.5. The zero-order valence-electron chi connectivity index (χ0n) is 14.1. The largest absolute Gasteiger partial charge is 0.337 e. The molecule has 128 valence electrons. The van der Waals surface area contributed by atoms with E-state index in [1.165, 1.54) is 10.1 Å². The normalized spacial score (nSPS) is 13.5. The van der Waals surface area contributed by atoms with Gasteiger partial charge >= 0.3 is 0 Å². The molecule has 0 bridgehead atoms. The minimum Gasteiger partial charge on any atom is -0.337 e. The van der Waals surface area contributed by atoms with Crippen molar-refractivity contribution < 1.29 is 0 Å². The van der Waals surface area contributed by atoms with Crippen LogP contribution in [0.5, 0.6) is 0 Å². The van der Waals surface area contributed by atoms with Crippen molar-refractivity contribution in [2.24, 2.45) is 12.0 Å². The van der Waals surface area contributed by atoms with Gasteiger partial charge in [0.15, 0.2) is 11.7 Å². The molecule has 1 aliphatic heterocycles. The molecular weight excluding hydrogens is 344 g/mol. The van der Waals surface area contributed by atoms with Crippen LogP contribution in [0.15, 0.2) is 65.5 Å². The SMILES string of the molecule is Cn1cc(-c2cnc3n2CC=CN=C3Nc2ccc3sccc3c2)cn1. The summed E-state index contributed by atoms with van der Waals surface area (Å²) in [4.78, 5) is 9.19. The van der Waals surface area contributed by atoms with Gasteiger partial charge in [0.05, 0.1) is 18.1 Å². The van der Waals surface area contributed by atoms with E-state index in [1.807, 2.05) is 37.9 Å². The van der Waals surface area contributed by atoms with E-state index in [4.69, 9.17) is 0 Å². The predicted octanol–water partition coefficient (Wildman–Crippen LogP) is 3.88. The van der Waals surface area contributed by atoms with Gasteiger partial charge in [-0.15, -0.1) is 11.3 Å². The van der Waals surface area contributed by atoms with Gasteiger partial charge in [0.2, 0.25) is 0 Å². The summed E-state index contributed by atoms with van der Waals surface area (Å²) in [6.07, 6.45) is 9.58. The Morgan fingerprint density at radius 3 is 3.04 bits per heavy atom. The highest BCUT2D eigenvalue weighted by Crippen LogP contribution is 2.26. The monoisotopic (exact) mass is 360 g/mol. The average molecular weight is 360 g/mol. The van der Waals surface area contributed by atoms with Gasteiger partial charge in [-0.2, -0.15) is 5.10 Å². The number of aryl methyl sites for hydroxylation is 1. The molecule has 0 saturated carbocycles. The fraction of sp³-hybridized carbons (Fsp3) is 0.105. The fourth-order valence-corrected chi connectivity index (χ4v) is 3.91. The molecule has 5 rings (SSSR count). The molecule has 4 aromatic rings. The molecule has 0 fully saturated rings. The van der Waals surface area contributed by atoms with Gasteiger partial charge in [-0.3, -0.25) is 4.68 Å². The molecule has 0 unspecified atom stereocenters. The van der Waals surface area contributed by atoms with Crippen molar-refractivity contribution in [3.8, 4) is 11.3 Å². The number of nitrogens with one attached hydrogen (secondary N) is 1. The summed E-state index contributed by atoms with van der Waals surface area (Å²) >= 11 is 1.74. The van der Waals surface area contributed by atoms with Crippen LogP contribution in [-0.2, 0) is 13.6 Å². The molecule has 0 amide bonds. The Hall–Kier alpha value is -3.19. The molecule has 0 aliphatic carbocycles. The number of imidazole rings is 1. The van der Waals surface area contributed by atoms with Crippen molar-refractivity contribution in [3.63, 3.8) is 0 Å². The number of aromatic nitrogens is 4. The summed E-state index contributed by atoms with van der Waals surface area (Å²) < 4.78 is 5.22. The molecule has 0 atom stereocenters. The van der Waals surface area contributed by atoms with Gasteiger partial charge in [0.1, 0.15) is 0 Å². The topological polar surface area (TPSA) is 60.0 Å². The van der Waals surface area contributed by atoms with Crippen LogP contribution in [-0.4, -0.2) is 25.2 Å². The highest BCUT2D eigenvalue weighted by Gasteiger charge is 2.18. The van der Waals surface area contributed by atoms with Crippen molar-refractivity contribution in [2.75, 3.05) is 5.32 Å². The highest BCUT2D eigenvalue weighted by molar-refractivity contribution is 7.17. The van der Waals surface area contributed by atoms with Crippen LogP contribution in [0.25, 0.3) is 21.3 Å². The summed E-state index contributed by atoms with van der Waals surface area (Å²) in [7, 11) is 1.91. The molecular formula is C19H16N6S. The predicted molar refractivity (Wildman–Crippen MR) is 106 cm³/mol. The number of allylic oxidation sites excluding steroid dienone is 1. The quantitative estimate of drug-likeness (QED) is 0.590. The van der Waals surface area contributed by atoms with Crippen molar-refractivity contribution >= 4 is 32.9 Å². The maximum Gasteiger partial charge on any atom is 0.177 e. The molecule has 1 aliphatic rings. The van der Waals surface area contributed by atoms with Crippen LogP contribution in [0.1, 0.15) is 5.82 Å². The lowest BCUT2D eigenvalue weighted by atomic mass is 10.2. The van der Waals surface area contributed by atoms with E-state index in [2.05, 4.69) is 54.6 Å². The molecule has 0 radical (unpaired) electrons. The molecule has 6 nitrogen and oxygen atoms in total. The number of rotatable bonds is 2. The molecule has 0 saturated heterocycles. The maximum atomic E-state index is 4.63. The number of nitrogens with zero attached hydrogens (tertiary/aromatic N) is 5. The molecule has 1 aromatic carbocycles. The first-order chi connectivity index (χ1) is 12.8. The third-order valence-electron chi connectivity index (χ3n) is 4.38. The molecule has 1 N–H and O–H groups in total. The first-order valence-electron chi connectivity index (χ1n) is 8.30. The molecule has 3 aromatic heterocycles. The average Bonchev–Trinajstić information content (AvgIpc) is 3.34. The lowest BCUT2D eigenvalue weighted by Gasteiger charge is -2.11. The number of amidine groups is 1.